The molecule has 0 bridgehead atoms. The van der Waals surface area contributed by atoms with Crippen molar-refractivity contribution in [2.45, 2.75) is 23.3 Å². The normalized spacial score (nSPS) is 18.1. The highest BCUT2D eigenvalue weighted by atomic mass is 32.3. The molecule has 0 spiro atoms. The molecule has 0 atom stereocenters. The summed E-state index contributed by atoms with van der Waals surface area (Å²) in [6.45, 7) is 0. The zero-order chi connectivity index (χ0) is 18.2. The van der Waals surface area contributed by atoms with Crippen LogP contribution in [0.15, 0.2) is 0 Å². The Morgan fingerprint density at radius 1 is 1.09 bits per heavy atom. The number of rotatable bonds is 6. The van der Waals surface area contributed by atoms with Crippen LogP contribution < -0.4 is 0 Å². The number of amides is 2. The molecule has 1 aliphatic heterocycles. The maximum Gasteiger partial charge on any atom is 0.333 e. The fourth-order valence-electron chi connectivity index (χ4n) is 1.60. The Labute approximate surface area is 128 Å². The number of carbonyl (C=O) groups excluding carboxylic acids is 3. The van der Waals surface area contributed by atoms with E-state index in [4.69, 9.17) is 14.2 Å². The molecule has 0 aromatic carbocycles. The van der Waals surface area contributed by atoms with Gasteiger partial charge in [0, 0.05) is 0 Å². The lowest BCUT2D eigenvalue weighted by Crippen LogP contribution is -2.52. The highest BCUT2D eigenvalue weighted by Gasteiger charge is 2.70. The van der Waals surface area contributed by atoms with Crippen LogP contribution in [0.2, 0.25) is 0 Å². The van der Waals surface area contributed by atoms with Crippen LogP contribution >= 0.6 is 0 Å². The summed E-state index contributed by atoms with van der Waals surface area (Å²) in [4.78, 5) is 49.0. The zero-order valence-corrected chi connectivity index (χ0v) is 12.5. The number of hydrogen-bond donors (Lipinski definition) is 3. The summed E-state index contributed by atoms with van der Waals surface area (Å²) >= 11 is 0. The van der Waals surface area contributed by atoms with E-state index in [0.717, 1.165) is 0 Å². The molecule has 0 unspecified atom stereocenters. The van der Waals surface area contributed by atoms with E-state index < -0.39 is 72.4 Å². The molecule has 1 rings (SSSR count). The maximum atomic E-state index is 11.8. The van der Waals surface area contributed by atoms with Gasteiger partial charge in [-0.05, 0) is 0 Å². The molecule has 0 aromatic rings. The van der Waals surface area contributed by atoms with Gasteiger partial charge in [0.05, 0.1) is 19.3 Å². The lowest BCUT2D eigenvalue weighted by molar-refractivity contribution is -0.197. The number of carboxylic acids is 1. The average Bonchev–Trinajstić information content (AvgIpc) is 2.60. The number of hydroxylamine groups is 2. The first-order valence-electron chi connectivity index (χ1n) is 5.48. The molecule has 3 N–H and O–H groups in total. The molecule has 15 heteroatoms. The quantitative estimate of drug-likeness (QED) is 0.326. The number of nitrogens with zero attached hydrogens (tertiary/aromatic N) is 1. The van der Waals surface area contributed by atoms with Crippen molar-refractivity contribution in [3.63, 3.8) is 0 Å². The Kier molecular flexibility index (Phi) is 4.81. The van der Waals surface area contributed by atoms with Crippen LogP contribution in [0.5, 0.6) is 0 Å². The topological polar surface area (TPSA) is 210 Å². The van der Waals surface area contributed by atoms with E-state index in [1.165, 1.54) is 0 Å². The molecule has 0 radical (unpaired) electrons. The van der Waals surface area contributed by atoms with Crippen molar-refractivity contribution >= 4 is 44.0 Å². The van der Waals surface area contributed by atoms with Crippen LogP contribution in [0, 0.1) is 0 Å². The monoisotopic (exact) mass is 375 g/mol. The summed E-state index contributed by atoms with van der Waals surface area (Å²) in [5.41, 5.74) is 0. The summed E-state index contributed by atoms with van der Waals surface area (Å²) in [5, 5.41) is 7.78. The predicted molar refractivity (Wildman–Crippen MR) is 65.3 cm³/mol. The lowest BCUT2D eigenvalue weighted by Gasteiger charge is -2.19. The van der Waals surface area contributed by atoms with Gasteiger partial charge in [-0.15, -0.1) is 0 Å². The van der Waals surface area contributed by atoms with E-state index in [1.54, 1.807) is 0 Å². The van der Waals surface area contributed by atoms with E-state index in [1.807, 2.05) is 0 Å². The van der Waals surface area contributed by atoms with E-state index in [9.17, 15) is 36.0 Å². The molecule has 1 fully saturated rings. The molecule has 0 saturated carbocycles. The first kappa shape index (κ1) is 18.9. The summed E-state index contributed by atoms with van der Waals surface area (Å²) in [7, 11) is -11.7. The maximum absolute atomic E-state index is 11.8. The highest BCUT2D eigenvalue weighted by molar-refractivity contribution is 8.06. The Morgan fingerprint density at radius 3 is 1.91 bits per heavy atom. The van der Waals surface area contributed by atoms with Gasteiger partial charge in [0.1, 0.15) is 0 Å². The fraction of sp³-hybridized carbons (Fsp3) is 0.500. The van der Waals surface area contributed by atoms with Gasteiger partial charge in [-0.1, -0.05) is 5.06 Å². The lowest BCUT2D eigenvalue weighted by atomic mass is 10.3. The third kappa shape index (κ3) is 3.31. The van der Waals surface area contributed by atoms with Gasteiger partial charge < -0.3 is 9.94 Å². The summed E-state index contributed by atoms with van der Waals surface area (Å²) in [6, 6.07) is 0. The third-order valence-electron chi connectivity index (χ3n) is 2.69. The van der Waals surface area contributed by atoms with Crippen LogP contribution in [-0.4, -0.2) is 63.9 Å². The molecule has 0 aromatic heterocycles. The Bertz CT molecular complexity index is 746. The zero-order valence-electron chi connectivity index (χ0n) is 10.9. The van der Waals surface area contributed by atoms with Crippen molar-refractivity contribution in [2.75, 3.05) is 0 Å². The number of carbonyl (C=O) groups is 4. The molecular weight excluding hydrogens is 366 g/mol. The standard InChI is InChI=1S/C8H9NO12S2/c10-4-3-8(22(15,16)17,23(18,19)20)7(14)9(4)21-6(13)2-1-5(11)12/h1-3H2,(H,11,12)(H,15,16,17)(H,18,19,20). The van der Waals surface area contributed by atoms with Gasteiger partial charge >= 0.3 is 21.9 Å². The van der Waals surface area contributed by atoms with Gasteiger partial charge in [-0.25, -0.2) is 4.79 Å². The SMILES string of the molecule is O=C(O)CCC(=O)ON1C(=O)CC(S(=O)(=O)O)(S(=O)(=O)O)C1=O. The summed E-state index contributed by atoms with van der Waals surface area (Å²) in [5.74, 6) is -6.77. The molecule has 1 saturated heterocycles. The van der Waals surface area contributed by atoms with Crippen LogP contribution in [0.3, 0.4) is 0 Å². The van der Waals surface area contributed by atoms with Crippen molar-refractivity contribution in [2.24, 2.45) is 0 Å². The predicted octanol–water partition coefficient (Wildman–Crippen LogP) is -2.46. The summed E-state index contributed by atoms with van der Waals surface area (Å²) < 4.78 is 58.7. The second-order valence-electron chi connectivity index (χ2n) is 4.23. The second kappa shape index (κ2) is 5.84. The van der Waals surface area contributed by atoms with Crippen molar-refractivity contribution in [3.05, 3.63) is 0 Å². The Balaban J connectivity index is 3.18. The number of aliphatic carboxylic acids is 1. The van der Waals surface area contributed by atoms with Crippen LogP contribution in [0.4, 0.5) is 0 Å². The molecule has 1 heterocycles. The van der Waals surface area contributed by atoms with Crippen molar-refractivity contribution in [3.8, 4) is 0 Å². The molecular formula is C8H9NO12S2. The third-order valence-corrected chi connectivity index (χ3v) is 6.26. The van der Waals surface area contributed by atoms with Crippen LogP contribution in [0.25, 0.3) is 0 Å². The first-order valence-corrected chi connectivity index (χ1v) is 8.36. The average molecular weight is 375 g/mol. The minimum atomic E-state index is -5.83. The minimum absolute atomic E-state index is 0.564. The van der Waals surface area contributed by atoms with Crippen molar-refractivity contribution < 1.29 is 55.1 Å². The highest BCUT2D eigenvalue weighted by Crippen LogP contribution is 2.36. The molecule has 130 valence electrons. The molecule has 0 aliphatic carbocycles. The number of imide groups is 1. The van der Waals surface area contributed by atoms with Gasteiger partial charge in [0.2, 0.25) is 0 Å². The minimum Gasteiger partial charge on any atom is -0.481 e. The Hall–Kier alpha value is -2.10. The van der Waals surface area contributed by atoms with Gasteiger partial charge in [0.15, 0.2) is 0 Å². The molecule has 1 aliphatic rings. The Morgan fingerprint density at radius 2 is 1.57 bits per heavy atom. The molecule has 13 nitrogen and oxygen atoms in total. The van der Waals surface area contributed by atoms with E-state index >= 15 is 0 Å². The van der Waals surface area contributed by atoms with E-state index in [-0.39, 0.29) is 0 Å². The molecule has 23 heavy (non-hydrogen) atoms. The van der Waals surface area contributed by atoms with Crippen LogP contribution in [-0.2, 0) is 44.3 Å². The van der Waals surface area contributed by atoms with Crippen LogP contribution in [0.1, 0.15) is 19.3 Å². The van der Waals surface area contributed by atoms with E-state index in [2.05, 4.69) is 4.84 Å². The largest absolute Gasteiger partial charge is 0.481 e. The van der Waals surface area contributed by atoms with Crippen molar-refractivity contribution in [1.29, 1.82) is 0 Å². The second-order valence-corrected chi connectivity index (χ2v) is 7.78. The summed E-state index contributed by atoms with van der Waals surface area (Å²) in [6.07, 6.45) is -3.30. The first-order chi connectivity index (χ1) is 10.2. The van der Waals surface area contributed by atoms with Gasteiger partial charge in [-0.3, -0.25) is 23.5 Å². The van der Waals surface area contributed by atoms with Gasteiger partial charge in [-0.2, -0.15) is 16.8 Å². The fourth-order valence-corrected chi connectivity index (χ4v) is 3.88. The van der Waals surface area contributed by atoms with Crippen molar-refractivity contribution in [1.82, 2.24) is 5.06 Å². The number of hydrogen-bond acceptors (Lipinski definition) is 9. The number of carboxylic acid groups (broad SMARTS) is 1. The van der Waals surface area contributed by atoms with Gasteiger partial charge in [0.25, 0.3) is 26.1 Å². The molecule has 2 amide bonds. The smallest absolute Gasteiger partial charge is 0.333 e. The van der Waals surface area contributed by atoms with E-state index in [0.29, 0.717) is 0 Å².